The molecule has 160 valence electrons. The number of carbonyl (C=O) groups excluding carboxylic acids is 1. The van der Waals surface area contributed by atoms with Crippen LogP contribution in [0.4, 0.5) is 0 Å². The van der Waals surface area contributed by atoms with Gasteiger partial charge in [-0.05, 0) is 66.4 Å². The van der Waals surface area contributed by atoms with E-state index in [1.165, 1.54) is 5.56 Å². The topological polar surface area (TPSA) is 50.8 Å². The summed E-state index contributed by atoms with van der Waals surface area (Å²) in [6, 6.07) is 21.5. The molecule has 31 heavy (non-hydrogen) atoms. The molecular formula is C25H25BrN2O3. The largest absolute Gasteiger partial charge is 0.493 e. The van der Waals surface area contributed by atoms with Crippen molar-refractivity contribution in [3.05, 3.63) is 93.5 Å². The number of rotatable bonds is 5. The van der Waals surface area contributed by atoms with E-state index in [0.29, 0.717) is 17.1 Å². The van der Waals surface area contributed by atoms with Gasteiger partial charge in [-0.1, -0.05) is 46.3 Å². The van der Waals surface area contributed by atoms with Crippen LogP contribution in [0.2, 0.25) is 0 Å². The molecule has 0 bridgehead atoms. The summed E-state index contributed by atoms with van der Waals surface area (Å²) >= 11 is 3.52. The molecule has 2 unspecified atom stereocenters. The first kappa shape index (κ1) is 21.4. The van der Waals surface area contributed by atoms with Gasteiger partial charge in [-0.15, -0.1) is 0 Å². The molecule has 3 aromatic rings. The predicted molar refractivity (Wildman–Crippen MR) is 124 cm³/mol. The lowest BCUT2D eigenvalue weighted by Crippen LogP contribution is -2.52. The molecular weight excluding hydrogens is 456 g/mol. The lowest BCUT2D eigenvalue weighted by atomic mass is 9.86. The minimum absolute atomic E-state index is 0.0758. The molecule has 2 atom stereocenters. The monoisotopic (exact) mass is 480 g/mol. The Morgan fingerprint density at radius 1 is 1.00 bits per heavy atom. The zero-order valence-electron chi connectivity index (χ0n) is 17.8. The number of benzene rings is 3. The van der Waals surface area contributed by atoms with E-state index in [9.17, 15) is 4.79 Å². The van der Waals surface area contributed by atoms with E-state index in [1.54, 1.807) is 14.2 Å². The Kier molecular flexibility index (Phi) is 6.30. The molecule has 1 heterocycles. The van der Waals surface area contributed by atoms with Gasteiger partial charge in [0.1, 0.15) is 0 Å². The number of nitrogens with zero attached hydrogens (tertiary/aromatic N) is 1. The van der Waals surface area contributed by atoms with Gasteiger partial charge in [0, 0.05) is 16.1 Å². The number of hydrogen-bond donors (Lipinski definition) is 1. The molecule has 1 aliphatic rings. The number of halogens is 1. The summed E-state index contributed by atoms with van der Waals surface area (Å²) in [7, 11) is 3.29. The van der Waals surface area contributed by atoms with Crippen LogP contribution in [0.15, 0.2) is 71.2 Å². The molecule has 0 radical (unpaired) electrons. The van der Waals surface area contributed by atoms with Crippen LogP contribution >= 0.6 is 15.9 Å². The van der Waals surface area contributed by atoms with Crippen molar-refractivity contribution in [3.8, 4) is 11.5 Å². The summed E-state index contributed by atoms with van der Waals surface area (Å²) in [6.45, 7) is 2.12. The average molecular weight is 481 g/mol. The Hall–Kier alpha value is -2.83. The van der Waals surface area contributed by atoms with Gasteiger partial charge in [-0.2, -0.15) is 0 Å². The summed E-state index contributed by atoms with van der Waals surface area (Å²) in [5.74, 6) is 1.26. The van der Waals surface area contributed by atoms with Gasteiger partial charge in [0.05, 0.1) is 20.3 Å². The van der Waals surface area contributed by atoms with E-state index < -0.39 is 0 Å². The predicted octanol–water partition coefficient (Wildman–Crippen LogP) is 5.15. The highest BCUT2D eigenvalue weighted by Gasteiger charge is 2.35. The molecule has 1 N–H and O–H groups in total. The van der Waals surface area contributed by atoms with Crippen molar-refractivity contribution in [2.75, 3.05) is 14.2 Å². The molecule has 0 fully saturated rings. The first-order valence-electron chi connectivity index (χ1n) is 10.2. The molecule has 0 saturated carbocycles. The number of nitrogens with one attached hydrogen (secondary N) is 1. The van der Waals surface area contributed by atoms with Gasteiger partial charge >= 0.3 is 0 Å². The number of fused-ring (bicyclic) bond motifs is 1. The van der Waals surface area contributed by atoms with Crippen molar-refractivity contribution in [2.24, 2.45) is 0 Å². The Morgan fingerprint density at radius 2 is 1.65 bits per heavy atom. The van der Waals surface area contributed by atoms with Crippen LogP contribution in [-0.2, 0) is 6.42 Å². The fourth-order valence-corrected chi connectivity index (χ4v) is 4.38. The van der Waals surface area contributed by atoms with E-state index in [2.05, 4.69) is 40.4 Å². The molecule has 6 heteroatoms. The third kappa shape index (κ3) is 4.31. The third-order valence-electron chi connectivity index (χ3n) is 5.66. The number of amides is 1. The normalized spacial score (nSPS) is 18.2. The molecule has 1 amide bonds. The fourth-order valence-electron chi connectivity index (χ4n) is 4.12. The first-order valence-corrected chi connectivity index (χ1v) is 11.0. The van der Waals surface area contributed by atoms with Crippen molar-refractivity contribution >= 4 is 21.8 Å². The summed E-state index contributed by atoms with van der Waals surface area (Å²) in [5, 5.41) is 2.05. The zero-order chi connectivity index (χ0) is 22.0. The Labute approximate surface area is 191 Å². The van der Waals surface area contributed by atoms with Gasteiger partial charge in [-0.3, -0.25) is 10.2 Å². The van der Waals surface area contributed by atoms with Crippen LogP contribution in [0.25, 0.3) is 0 Å². The maximum Gasteiger partial charge on any atom is 0.265 e. The molecule has 1 aliphatic heterocycles. The minimum Gasteiger partial charge on any atom is -0.493 e. The summed E-state index contributed by atoms with van der Waals surface area (Å²) in [4.78, 5) is 13.0. The number of hydrazine groups is 1. The minimum atomic E-state index is -0.167. The summed E-state index contributed by atoms with van der Waals surface area (Å²) in [5.41, 5.74) is 7.15. The van der Waals surface area contributed by atoms with Crippen LogP contribution in [0.3, 0.4) is 0 Å². The SMILES string of the molecule is COc1cc2c(cc1OC)C(c1ccc(Br)cc1)N(NC(=O)c1ccccc1)C(C)C2. The molecule has 4 rings (SSSR count). The Balaban J connectivity index is 1.80. The number of carbonyl (C=O) groups is 1. The Bertz CT molecular complexity index is 1070. The maximum atomic E-state index is 13.0. The molecule has 0 spiro atoms. The van der Waals surface area contributed by atoms with Crippen molar-refractivity contribution in [1.82, 2.24) is 10.4 Å². The van der Waals surface area contributed by atoms with Crippen molar-refractivity contribution in [2.45, 2.75) is 25.4 Å². The zero-order valence-corrected chi connectivity index (χ0v) is 19.3. The van der Waals surface area contributed by atoms with E-state index in [1.807, 2.05) is 59.6 Å². The second kappa shape index (κ2) is 9.12. The number of ether oxygens (including phenoxy) is 2. The highest BCUT2D eigenvalue weighted by atomic mass is 79.9. The highest BCUT2D eigenvalue weighted by molar-refractivity contribution is 9.10. The van der Waals surface area contributed by atoms with Crippen LogP contribution in [0, 0.1) is 0 Å². The van der Waals surface area contributed by atoms with Gasteiger partial charge in [0.15, 0.2) is 11.5 Å². The quantitative estimate of drug-likeness (QED) is 0.548. The smallest absolute Gasteiger partial charge is 0.265 e. The van der Waals surface area contributed by atoms with Crippen LogP contribution in [0.5, 0.6) is 11.5 Å². The molecule has 3 aromatic carbocycles. The average Bonchev–Trinajstić information content (AvgIpc) is 2.80. The standard InChI is InChI=1S/C25H25BrN2O3/c1-16-13-19-14-22(30-2)23(31-3)15-21(19)24(17-9-11-20(26)12-10-17)28(16)27-25(29)18-7-5-4-6-8-18/h4-12,14-16,24H,13H2,1-3H3,(H,27,29). The van der Waals surface area contributed by atoms with Crippen LogP contribution in [0.1, 0.15) is 40.0 Å². The first-order chi connectivity index (χ1) is 15.0. The van der Waals surface area contributed by atoms with Crippen molar-refractivity contribution < 1.29 is 14.3 Å². The second-order valence-corrected chi connectivity index (χ2v) is 8.54. The van der Waals surface area contributed by atoms with Gasteiger partial charge in [0.25, 0.3) is 5.91 Å². The van der Waals surface area contributed by atoms with Gasteiger partial charge in [0.2, 0.25) is 0 Å². The van der Waals surface area contributed by atoms with Crippen molar-refractivity contribution in [1.29, 1.82) is 0 Å². The lowest BCUT2D eigenvalue weighted by molar-refractivity contribution is 0.0552. The molecule has 0 saturated heterocycles. The second-order valence-electron chi connectivity index (χ2n) is 7.63. The van der Waals surface area contributed by atoms with Crippen LogP contribution < -0.4 is 14.9 Å². The Morgan fingerprint density at radius 3 is 2.29 bits per heavy atom. The van der Waals surface area contributed by atoms with Crippen LogP contribution in [-0.4, -0.2) is 31.2 Å². The van der Waals surface area contributed by atoms with Gasteiger partial charge < -0.3 is 9.47 Å². The van der Waals surface area contributed by atoms with E-state index in [4.69, 9.17) is 9.47 Å². The van der Waals surface area contributed by atoms with E-state index >= 15 is 0 Å². The molecule has 0 aromatic heterocycles. The third-order valence-corrected chi connectivity index (χ3v) is 6.19. The summed E-state index contributed by atoms with van der Waals surface area (Å²) < 4.78 is 12.1. The van der Waals surface area contributed by atoms with E-state index in [0.717, 1.165) is 22.0 Å². The number of hydrogen-bond acceptors (Lipinski definition) is 4. The lowest BCUT2D eigenvalue weighted by Gasteiger charge is -2.42. The highest BCUT2D eigenvalue weighted by Crippen LogP contribution is 2.42. The molecule has 0 aliphatic carbocycles. The maximum absolute atomic E-state index is 13.0. The molecule has 5 nitrogen and oxygen atoms in total. The fraction of sp³-hybridized carbons (Fsp3) is 0.240. The van der Waals surface area contributed by atoms with Crippen molar-refractivity contribution in [3.63, 3.8) is 0 Å². The number of methoxy groups -OCH3 is 2. The van der Waals surface area contributed by atoms with Gasteiger partial charge in [-0.25, -0.2) is 5.01 Å². The summed E-state index contributed by atoms with van der Waals surface area (Å²) in [6.07, 6.45) is 0.776. The van der Waals surface area contributed by atoms with E-state index in [-0.39, 0.29) is 18.0 Å².